The van der Waals surface area contributed by atoms with E-state index in [2.05, 4.69) is 22.9 Å². The minimum Gasteiger partial charge on any atom is -0.356 e. The summed E-state index contributed by atoms with van der Waals surface area (Å²) in [6.07, 6.45) is 2.54. The van der Waals surface area contributed by atoms with Crippen molar-refractivity contribution in [2.45, 2.75) is 32.2 Å². The molecule has 1 heterocycles. The second-order valence-electron chi connectivity index (χ2n) is 5.90. The first-order chi connectivity index (χ1) is 10.6. The molecule has 1 saturated heterocycles. The van der Waals surface area contributed by atoms with Crippen LogP contribution in [0.1, 0.15) is 35.7 Å². The largest absolute Gasteiger partial charge is 0.356 e. The Bertz CT molecular complexity index is 530. The molecule has 2 atom stereocenters. The summed E-state index contributed by atoms with van der Waals surface area (Å²) in [6, 6.07) is 7.92. The van der Waals surface area contributed by atoms with E-state index in [0.717, 1.165) is 31.4 Å². The van der Waals surface area contributed by atoms with Crippen LogP contribution in [0.15, 0.2) is 24.3 Å². The molecule has 0 radical (unpaired) electrons. The number of benzene rings is 1. The third-order valence-corrected chi connectivity index (χ3v) is 4.12. The van der Waals surface area contributed by atoms with E-state index in [0.29, 0.717) is 18.2 Å². The van der Waals surface area contributed by atoms with Crippen molar-refractivity contribution in [3.8, 4) is 0 Å². The van der Waals surface area contributed by atoms with Gasteiger partial charge in [0.25, 0.3) is 5.91 Å². The van der Waals surface area contributed by atoms with Gasteiger partial charge in [-0.25, -0.2) is 0 Å². The minimum absolute atomic E-state index is 0.0884. The van der Waals surface area contributed by atoms with Gasteiger partial charge in [0.1, 0.15) is 0 Å². The van der Waals surface area contributed by atoms with E-state index < -0.39 is 0 Å². The predicted octanol–water partition coefficient (Wildman–Crippen LogP) is 1.09. The molecular weight excluding hydrogens is 278 g/mol. The zero-order valence-electron chi connectivity index (χ0n) is 13.3. The molecule has 2 rings (SSSR count). The molecule has 0 aliphatic carbocycles. The second-order valence-corrected chi connectivity index (χ2v) is 5.90. The molecule has 1 aromatic carbocycles. The number of piperidine rings is 1. The molecule has 5 heteroatoms. The lowest BCUT2D eigenvalue weighted by atomic mass is 9.92. The van der Waals surface area contributed by atoms with Gasteiger partial charge >= 0.3 is 0 Å². The van der Waals surface area contributed by atoms with Crippen molar-refractivity contribution in [3.63, 3.8) is 0 Å². The first kappa shape index (κ1) is 16.5. The Morgan fingerprint density at radius 2 is 2.18 bits per heavy atom. The van der Waals surface area contributed by atoms with Crippen LogP contribution in [0.5, 0.6) is 0 Å². The standard InChI is InChI=1S/C17H25N3O2/c1-12-10-15(7-9-19-12)17(22)20-8-6-13-4-3-5-14(11-13)16(21)18-2/h3-5,11-12,15,19H,6-10H2,1-2H3,(H,18,21)(H,20,22)/t12-,15-/m0/s1. The molecule has 1 aliphatic rings. The summed E-state index contributed by atoms with van der Waals surface area (Å²) in [7, 11) is 1.62. The van der Waals surface area contributed by atoms with E-state index in [9.17, 15) is 9.59 Å². The summed E-state index contributed by atoms with van der Waals surface area (Å²) in [4.78, 5) is 23.8. The normalized spacial score (nSPS) is 21.2. The van der Waals surface area contributed by atoms with Crippen molar-refractivity contribution in [2.75, 3.05) is 20.1 Å². The van der Waals surface area contributed by atoms with Crippen LogP contribution >= 0.6 is 0 Å². The van der Waals surface area contributed by atoms with E-state index in [-0.39, 0.29) is 17.7 Å². The van der Waals surface area contributed by atoms with Gasteiger partial charge in [0, 0.05) is 31.1 Å². The van der Waals surface area contributed by atoms with E-state index >= 15 is 0 Å². The highest BCUT2D eigenvalue weighted by Gasteiger charge is 2.24. The van der Waals surface area contributed by atoms with Crippen LogP contribution in [0, 0.1) is 5.92 Å². The third kappa shape index (κ3) is 4.56. The summed E-state index contributed by atoms with van der Waals surface area (Å²) < 4.78 is 0. The fourth-order valence-electron chi connectivity index (χ4n) is 2.86. The summed E-state index contributed by atoms with van der Waals surface area (Å²) in [6.45, 7) is 3.63. The van der Waals surface area contributed by atoms with Gasteiger partial charge in [0.05, 0.1) is 0 Å². The molecule has 1 fully saturated rings. The summed E-state index contributed by atoms with van der Waals surface area (Å²) in [5.41, 5.74) is 1.71. The lowest BCUT2D eigenvalue weighted by Crippen LogP contribution is -2.42. The van der Waals surface area contributed by atoms with Crippen molar-refractivity contribution < 1.29 is 9.59 Å². The maximum Gasteiger partial charge on any atom is 0.251 e. The Kier molecular flexibility index (Phi) is 5.95. The zero-order chi connectivity index (χ0) is 15.9. The van der Waals surface area contributed by atoms with Crippen LogP contribution in [-0.2, 0) is 11.2 Å². The van der Waals surface area contributed by atoms with Crippen LogP contribution in [0.4, 0.5) is 0 Å². The average molecular weight is 303 g/mol. The molecular formula is C17H25N3O2. The lowest BCUT2D eigenvalue weighted by Gasteiger charge is -2.27. The van der Waals surface area contributed by atoms with E-state index in [1.807, 2.05) is 18.2 Å². The molecule has 0 bridgehead atoms. The van der Waals surface area contributed by atoms with Crippen LogP contribution < -0.4 is 16.0 Å². The molecule has 22 heavy (non-hydrogen) atoms. The Morgan fingerprint density at radius 1 is 1.36 bits per heavy atom. The van der Waals surface area contributed by atoms with E-state index in [1.54, 1.807) is 13.1 Å². The number of hydrogen-bond donors (Lipinski definition) is 3. The minimum atomic E-state index is -0.0884. The second kappa shape index (κ2) is 7.94. The third-order valence-electron chi connectivity index (χ3n) is 4.12. The Morgan fingerprint density at radius 3 is 2.91 bits per heavy atom. The van der Waals surface area contributed by atoms with Gasteiger partial charge in [-0.2, -0.15) is 0 Å². The highest BCUT2D eigenvalue weighted by atomic mass is 16.2. The average Bonchev–Trinajstić information content (AvgIpc) is 2.54. The van der Waals surface area contributed by atoms with Crippen molar-refractivity contribution in [1.82, 2.24) is 16.0 Å². The molecule has 0 unspecified atom stereocenters. The fraction of sp³-hybridized carbons (Fsp3) is 0.529. The van der Waals surface area contributed by atoms with Gasteiger partial charge in [-0.3, -0.25) is 9.59 Å². The smallest absolute Gasteiger partial charge is 0.251 e. The quantitative estimate of drug-likeness (QED) is 0.763. The number of amides is 2. The van der Waals surface area contributed by atoms with Gasteiger partial charge < -0.3 is 16.0 Å². The van der Waals surface area contributed by atoms with E-state index in [4.69, 9.17) is 0 Å². The zero-order valence-corrected chi connectivity index (χ0v) is 13.3. The van der Waals surface area contributed by atoms with Crippen LogP contribution in [0.3, 0.4) is 0 Å². The summed E-state index contributed by atoms with van der Waals surface area (Å²) in [5, 5.41) is 8.99. The highest BCUT2D eigenvalue weighted by Crippen LogP contribution is 2.16. The summed E-state index contributed by atoms with van der Waals surface area (Å²) in [5.74, 6) is 0.179. The predicted molar refractivity (Wildman–Crippen MR) is 86.7 cm³/mol. The Balaban J connectivity index is 1.81. The number of hydrogen-bond acceptors (Lipinski definition) is 3. The molecule has 5 nitrogen and oxygen atoms in total. The van der Waals surface area contributed by atoms with Gasteiger partial charge in [-0.05, 0) is 50.4 Å². The van der Waals surface area contributed by atoms with Gasteiger partial charge in [-0.15, -0.1) is 0 Å². The maximum absolute atomic E-state index is 12.2. The molecule has 3 N–H and O–H groups in total. The fourth-order valence-corrected chi connectivity index (χ4v) is 2.86. The molecule has 1 aromatic rings. The van der Waals surface area contributed by atoms with E-state index in [1.165, 1.54) is 0 Å². The molecule has 0 saturated carbocycles. The molecule has 0 spiro atoms. The Labute approximate surface area is 131 Å². The van der Waals surface area contributed by atoms with Crippen molar-refractivity contribution >= 4 is 11.8 Å². The Hall–Kier alpha value is -1.88. The monoisotopic (exact) mass is 303 g/mol. The van der Waals surface area contributed by atoms with Gasteiger partial charge in [-0.1, -0.05) is 12.1 Å². The van der Waals surface area contributed by atoms with Crippen molar-refractivity contribution in [3.05, 3.63) is 35.4 Å². The molecule has 0 aromatic heterocycles. The number of carbonyl (C=O) groups is 2. The van der Waals surface area contributed by atoms with Crippen LogP contribution in [0.25, 0.3) is 0 Å². The van der Waals surface area contributed by atoms with Gasteiger partial charge in [0.2, 0.25) is 5.91 Å². The summed E-state index contributed by atoms with van der Waals surface area (Å²) >= 11 is 0. The SMILES string of the molecule is CNC(=O)c1cccc(CCNC(=O)[C@H]2CCN[C@@H](C)C2)c1. The van der Waals surface area contributed by atoms with Crippen molar-refractivity contribution in [1.29, 1.82) is 0 Å². The molecule has 120 valence electrons. The lowest BCUT2D eigenvalue weighted by molar-refractivity contribution is -0.126. The first-order valence-electron chi connectivity index (χ1n) is 7.92. The number of nitrogens with one attached hydrogen (secondary N) is 3. The number of rotatable bonds is 5. The number of carbonyl (C=O) groups excluding carboxylic acids is 2. The molecule has 2 amide bonds. The molecule has 1 aliphatic heterocycles. The first-order valence-corrected chi connectivity index (χ1v) is 7.92. The maximum atomic E-state index is 12.2. The topological polar surface area (TPSA) is 70.2 Å². The van der Waals surface area contributed by atoms with Crippen LogP contribution in [-0.4, -0.2) is 38.0 Å². The highest BCUT2D eigenvalue weighted by molar-refractivity contribution is 5.94. The van der Waals surface area contributed by atoms with Gasteiger partial charge in [0.15, 0.2) is 0 Å². The van der Waals surface area contributed by atoms with Crippen molar-refractivity contribution in [2.24, 2.45) is 5.92 Å². The van der Waals surface area contributed by atoms with Crippen LogP contribution in [0.2, 0.25) is 0 Å².